The van der Waals surface area contributed by atoms with Crippen molar-refractivity contribution in [1.82, 2.24) is 19.0 Å². The summed E-state index contributed by atoms with van der Waals surface area (Å²) < 4.78 is 73.1. The zero-order valence-electron chi connectivity index (χ0n) is 19.5. The Morgan fingerprint density at radius 1 is 0.861 bits per heavy atom. The van der Waals surface area contributed by atoms with E-state index in [0.717, 1.165) is 29.5 Å². The minimum absolute atomic E-state index is 0.0347. The van der Waals surface area contributed by atoms with Gasteiger partial charge in [-0.3, -0.25) is 4.72 Å². The number of piperazine rings is 2. The topological polar surface area (TPSA) is 88.2 Å². The molecule has 0 atom stereocenters. The summed E-state index contributed by atoms with van der Waals surface area (Å²) >= 11 is 1.90. The molecule has 0 bridgehead atoms. The molecule has 2 saturated heterocycles. The standard InChI is InChI=1S/C22H26F3IN6O3S/c1-29-6-8-30(9-7-29)22(33)31-10-12-32(13-11-31)36(34,35)28-19-5-3-16(23)20(25)21(19)27-18-4-2-15(26)14-17(18)24/h2-5,14,27-28H,6-13H2,1H3. The van der Waals surface area contributed by atoms with Crippen LogP contribution in [0.3, 0.4) is 0 Å². The number of carbonyl (C=O) groups excluding carboxylic acids is 1. The summed E-state index contributed by atoms with van der Waals surface area (Å²) in [6, 6.07) is 5.84. The van der Waals surface area contributed by atoms with Crippen molar-refractivity contribution in [2.24, 2.45) is 0 Å². The number of carbonyl (C=O) groups is 1. The van der Waals surface area contributed by atoms with Crippen molar-refractivity contribution in [3.05, 3.63) is 51.4 Å². The van der Waals surface area contributed by atoms with Crippen LogP contribution in [0.4, 0.5) is 35.0 Å². The van der Waals surface area contributed by atoms with Crippen LogP contribution in [0.5, 0.6) is 0 Å². The third kappa shape index (κ3) is 5.98. The summed E-state index contributed by atoms with van der Waals surface area (Å²) in [6.07, 6.45) is 0. The molecule has 0 aliphatic carbocycles. The van der Waals surface area contributed by atoms with Gasteiger partial charge in [-0.25, -0.2) is 18.0 Å². The van der Waals surface area contributed by atoms with E-state index in [2.05, 4.69) is 14.9 Å². The molecule has 9 nitrogen and oxygen atoms in total. The fourth-order valence-electron chi connectivity index (χ4n) is 4.00. The molecule has 14 heteroatoms. The van der Waals surface area contributed by atoms with Crippen LogP contribution >= 0.6 is 22.6 Å². The Kier molecular flexibility index (Phi) is 8.16. The first-order valence-corrected chi connectivity index (χ1v) is 13.8. The second kappa shape index (κ2) is 11.0. The molecule has 0 spiro atoms. The van der Waals surface area contributed by atoms with E-state index in [0.29, 0.717) is 16.7 Å². The number of anilines is 3. The van der Waals surface area contributed by atoms with Crippen molar-refractivity contribution in [2.45, 2.75) is 0 Å². The highest BCUT2D eigenvalue weighted by molar-refractivity contribution is 14.1. The average Bonchev–Trinajstić information content (AvgIpc) is 2.85. The number of rotatable bonds is 5. The van der Waals surface area contributed by atoms with Gasteiger partial charge in [-0.05, 0) is 60.0 Å². The molecule has 2 heterocycles. The molecular formula is C22H26F3IN6O3S. The van der Waals surface area contributed by atoms with Crippen molar-refractivity contribution in [2.75, 3.05) is 69.4 Å². The number of nitrogens with zero attached hydrogens (tertiary/aromatic N) is 4. The van der Waals surface area contributed by atoms with Gasteiger partial charge in [-0.1, -0.05) is 0 Å². The van der Waals surface area contributed by atoms with Crippen molar-refractivity contribution in [3.8, 4) is 0 Å². The van der Waals surface area contributed by atoms with E-state index < -0.39 is 33.3 Å². The van der Waals surface area contributed by atoms with Gasteiger partial charge in [0.05, 0.1) is 11.4 Å². The van der Waals surface area contributed by atoms with Crippen LogP contribution in [0.15, 0.2) is 30.3 Å². The maximum Gasteiger partial charge on any atom is 0.320 e. The van der Waals surface area contributed by atoms with Crippen LogP contribution in [-0.2, 0) is 10.2 Å². The summed E-state index contributed by atoms with van der Waals surface area (Å²) in [5, 5.41) is 2.46. The lowest BCUT2D eigenvalue weighted by Gasteiger charge is -2.39. The van der Waals surface area contributed by atoms with E-state index >= 15 is 0 Å². The van der Waals surface area contributed by atoms with Gasteiger partial charge in [-0.15, -0.1) is 0 Å². The maximum absolute atomic E-state index is 14.7. The second-order valence-corrected chi connectivity index (χ2v) is 11.5. The van der Waals surface area contributed by atoms with Crippen LogP contribution in [0.25, 0.3) is 0 Å². The second-order valence-electron chi connectivity index (χ2n) is 8.60. The average molecular weight is 638 g/mol. The lowest BCUT2D eigenvalue weighted by molar-refractivity contribution is 0.110. The minimum Gasteiger partial charge on any atom is -0.349 e. The molecule has 0 aromatic heterocycles. The van der Waals surface area contributed by atoms with Crippen LogP contribution in [0, 0.1) is 21.0 Å². The number of nitrogens with one attached hydrogen (secondary N) is 2. The minimum atomic E-state index is -4.18. The molecule has 2 aliphatic rings. The Morgan fingerprint density at radius 3 is 2.06 bits per heavy atom. The number of hydrogen-bond acceptors (Lipinski definition) is 5. The Balaban J connectivity index is 1.46. The van der Waals surface area contributed by atoms with Crippen molar-refractivity contribution < 1.29 is 26.4 Å². The monoisotopic (exact) mass is 638 g/mol. The number of amides is 2. The lowest BCUT2D eigenvalue weighted by Crippen LogP contribution is -2.57. The normalized spacial score (nSPS) is 17.8. The molecule has 36 heavy (non-hydrogen) atoms. The summed E-state index contributed by atoms with van der Waals surface area (Å²) in [6.45, 7) is 3.25. The fourth-order valence-corrected chi connectivity index (χ4v) is 5.68. The maximum atomic E-state index is 14.7. The first kappa shape index (κ1) is 26.8. The predicted octanol–water partition coefficient (Wildman–Crippen LogP) is 3.09. The molecule has 0 unspecified atom stereocenters. The molecular weight excluding hydrogens is 612 g/mol. The van der Waals surface area contributed by atoms with E-state index in [9.17, 15) is 26.4 Å². The van der Waals surface area contributed by atoms with Crippen LogP contribution < -0.4 is 10.0 Å². The third-order valence-corrected chi connectivity index (χ3v) is 8.34. The Hall–Kier alpha value is -2.30. The van der Waals surface area contributed by atoms with Gasteiger partial charge in [0.25, 0.3) is 0 Å². The molecule has 2 N–H and O–H groups in total. The summed E-state index contributed by atoms with van der Waals surface area (Å²) in [5.41, 5.74) is -0.957. The molecule has 4 rings (SSSR count). The number of likely N-dealkylation sites (N-methyl/N-ethyl adjacent to an activating group) is 1. The Labute approximate surface area is 221 Å². The summed E-state index contributed by atoms with van der Waals surface area (Å²) in [7, 11) is -2.19. The summed E-state index contributed by atoms with van der Waals surface area (Å²) in [4.78, 5) is 18.3. The van der Waals surface area contributed by atoms with Crippen molar-refractivity contribution >= 4 is 55.9 Å². The number of benzene rings is 2. The fraction of sp³-hybridized carbons (Fsp3) is 0.409. The van der Waals surface area contributed by atoms with Gasteiger partial charge < -0.3 is 20.0 Å². The quantitative estimate of drug-likeness (QED) is 0.492. The van der Waals surface area contributed by atoms with E-state index in [1.807, 2.05) is 29.6 Å². The first-order chi connectivity index (χ1) is 17.0. The van der Waals surface area contributed by atoms with Gasteiger partial charge >= 0.3 is 16.2 Å². The highest BCUT2D eigenvalue weighted by Crippen LogP contribution is 2.33. The zero-order chi connectivity index (χ0) is 26.0. The number of hydrogen-bond donors (Lipinski definition) is 2. The SMILES string of the molecule is CN1CCN(C(=O)N2CCN(S(=O)(=O)Nc3ccc(F)c(F)c3Nc3ccc(I)cc3F)CC2)CC1. The smallest absolute Gasteiger partial charge is 0.320 e. The van der Waals surface area contributed by atoms with Crippen molar-refractivity contribution in [3.63, 3.8) is 0 Å². The molecule has 2 aromatic carbocycles. The number of halogens is 4. The molecule has 196 valence electrons. The van der Waals surface area contributed by atoms with Gasteiger partial charge in [0.1, 0.15) is 11.5 Å². The molecule has 2 aliphatic heterocycles. The first-order valence-electron chi connectivity index (χ1n) is 11.3. The third-order valence-electron chi connectivity index (χ3n) is 6.15. The van der Waals surface area contributed by atoms with E-state index in [4.69, 9.17) is 0 Å². The highest BCUT2D eigenvalue weighted by atomic mass is 127. The number of urea groups is 1. The predicted molar refractivity (Wildman–Crippen MR) is 139 cm³/mol. The van der Waals surface area contributed by atoms with Crippen LogP contribution in [0.2, 0.25) is 0 Å². The Bertz CT molecular complexity index is 1240. The molecule has 2 fully saturated rings. The molecule has 2 amide bonds. The van der Waals surface area contributed by atoms with E-state index in [1.54, 1.807) is 15.9 Å². The highest BCUT2D eigenvalue weighted by Gasteiger charge is 2.32. The molecule has 0 radical (unpaired) electrons. The van der Waals surface area contributed by atoms with E-state index in [-0.39, 0.29) is 43.6 Å². The summed E-state index contributed by atoms with van der Waals surface area (Å²) in [5.74, 6) is -3.28. The lowest BCUT2D eigenvalue weighted by atomic mass is 10.2. The van der Waals surface area contributed by atoms with Gasteiger partial charge in [0, 0.05) is 55.9 Å². The van der Waals surface area contributed by atoms with Gasteiger partial charge in [0.2, 0.25) is 0 Å². The molecule has 0 saturated carbocycles. The largest absolute Gasteiger partial charge is 0.349 e. The van der Waals surface area contributed by atoms with Crippen LogP contribution in [0.1, 0.15) is 0 Å². The Morgan fingerprint density at radius 2 is 1.44 bits per heavy atom. The van der Waals surface area contributed by atoms with Gasteiger partial charge in [-0.2, -0.15) is 12.7 Å². The zero-order valence-corrected chi connectivity index (χ0v) is 22.5. The molecule has 2 aromatic rings. The van der Waals surface area contributed by atoms with Gasteiger partial charge in [0.15, 0.2) is 11.6 Å². The van der Waals surface area contributed by atoms with Crippen LogP contribution in [-0.4, -0.2) is 92.9 Å². The van der Waals surface area contributed by atoms with E-state index in [1.165, 1.54) is 12.1 Å². The van der Waals surface area contributed by atoms with Crippen molar-refractivity contribution in [1.29, 1.82) is 0 Å².